The summed E-state index contributed by atoms with van der Waals surface area (Å²) in [7, 11) is -3.88. The van der Waals surface area contributed by atoms with Crippen molar-refractivity contribution in [3.05, 3.63) is 71.8 Å². The summed E-state index contributed by atoms with van der Waals surface area (Å²) in [5, 5.41) is 2.80. The fraction of sp³-hybridized carbons (Fsp3) is 0.240. The van der Waals surface area contributed by atoms with Crippen molar-refractivity contribution in [3.8, 4) is 23.0 Å². The maximum atomic E-state index is 13.6. The molecular weight excluding hydrogens is 440 g/mol. The van der Waals surface area contributed by atoms with E-state index in [0.717, 1.165) is 24.8 Å². The third-order valence-electron chi connectivity index (χ3n) is 5.83. The van der Waals surface area contributed by atoms with Gasteiger partial charge in [0.15, 0.2) is 11.5 Å². The summed E-state index contributed by atoms with van der Waals surface area (Å²) in [6, 6.07) is 17.2. The Balaban J connectivity index is 1.64. The summed E-state index contributed by atoms with van der Waals surface area (Å²) in [5.74, 6) is 0.881. The molecule has 8 heteroatoms. The first-order chi connectivity index (χ1) is 15.9. The van der Waals surface area contributed by atoms with Gasteiger partial charge in [-0.3, -0.25) is 4.79 Å². The van der Waals surface area contributed by atoms with E-state index in [1.165, 1.54) is 16.4 Å². The SMILES string of the molecule is Cc1ccc(Oc2cc3c(cc2S(=O)(=O)N2CCCCC2)C(=O)Nc2ccccc2O3)cc1. The molecule has 0 aromatic heterocycles. The fourth-order valence-electron chi connectivity index (χ4n) is 4.03. The molecule has 2 heterocycles. The molecule has 5 rings (SSSR count). The average molecular weight is 465 g/mol. The van der Waals surface area contributed by atoms with Gasteiger partial charge in [0.1, 0.15) is 16.4 Å². The standard InChI is InChI=1S/C25H24N2O5S/c1-17-9-11-18(12-10-17)31-23-16-22-19(25(28)26-20-7-3-4-8-21(20)32-22)15-24(23)33(29,30)27-13-5-2-6-14-27/h3-4,7-12,15-16H,2,5-6,13-14H2,1H3,(H,26,28). The molecule has 2 aliphatic heterocycles. The molecule has 3 aromatic carbocycles. The van der Waals surface area contributed by atoms with E-state index < -0.39 is 15.9 Å². The van der Waals surface area contributed by atoms with Gasteiger partial charge in [-0.05, 0) is 50.1 Å². The zero-order valence-corrected chi connectivity index (χ0v) is 19.0. The molecule has 0 radical (unpaired) electrons. The van der Waals surface area contributed by atoms with Gasteiger partial charge < -0.3 is 14.8 Å². The Morgan fingerprint density at radius 1 is 0.939 bits per heavy atom. The highest BCUT2D eigenvalue weighted by atomic mass is 32.2. The van der Waals surface area contributed by atoms with Crippen LogP contribution in [0.1, 0.15) is 35.2 Å². The zero-order valence-electron chi connectivity index (χ0n) is 18.2. The number of fused-ring (bicyclic) bond motifs is 2. The van der Waals surface area contributed by atoms with Gasteiger partial charge in [-0.1, -0.05) is 36.2 Å². The lowest BCUT2D eigenvalue weighted by Gasteiger charge is -2.27. The summed E-state index contributed by atoms with van der Waals surface area (Å²) in [6.45, 7) is 2.84. The van der Waals surface area contributed by atoms with E-state index in [2.05, 4.69) is 5.32 Å². The topological polar surface area (TPSA) is 84.9 Å². The van der Waals surface area contributed by atoms with Gasteiger partial charge in [-0.15, -0.1) is 0 Å². The molecule has 0 aliphatic carbocycles. The van der Waals surface area contributed by atoms with Crippen LogP contribution in [0.5, 0.6) is 23.0 Å². The number of ether oxygens (including phenoxy) is 2. The number of nitrogens with one attached hydrogen (secondary N) is 1. The molecule has 0 unspecified atom stereocenters. The number of anilines is 1. The molecule has 0 atom stereocenters. The van der Waals surface area contributed by atoms with E-state index in [1.807, 2.05) is 19.1 Å². The molecule has 0 bridgehead atoms. The number of carbonyl (C=O) groups is 1. The number of para-hydroxylation sites is 2. The number of hydrogen-bond donors (Lipinski definition) is 1. The van der Waals surface area contributed by atoms with Gasteiger partial charge >= 0.3 is 0 Å². The Hall–Kier alpha value is -3.36. The highest BCUT2D eigenvalue weighted by molar-refractivity contribution is 7.89. The van der Waals surface area contributed by atoms with Gasteiger partial charge in [0.2, 0.25) is 10.0 Å². The molecule has 3 aromatic rings. The maximum Gasteiger partial charge on any atom is 0.259 e. The number of rotatable bonds is 4. The number of carbonyl (C=O) groups excluding carboxylic acids is 1. The van der Waals surface area contributed by atoms with Crippen LogP contribution in [-0.4, -0.2) is 31.7 Å². The summed E-state index contributed by atoms with van der Waals surface area (Å²) >= 11 is 0. The first-order valence-electron chi connectivity index (χ1n) is 10.9. The molecular formula is C25H24N2O5S. The molecule has 0 saturated carbocycles. The number of benzene rings is 3. The Labute approximate surface area is 193 Å². The number of sulfonamides is 1. The summed E-state index contributed by atoms with van der Waals surface area (Å²) in [4.78, 5) is 12.9. The second-order valence-electron chi connectivity index (χ2n) is 8.23. The molecule has 1 fully saturated rings. The third kappa shape index (κ3) is 4.19. The van der Waals surface area contributed by atoms with E-state index in [-0.39, 0.29) is 22.0 Å². The number of nitrogens with zero attached hydrogens (tertiary/aromatic N) is 1. The summed E-state index contributed by atoms with van der Waals surface area (Å²) in [5.41, 5.74) is 1.71. The maximum absolute atomic E-state index is 13.6. The minimum atomic E-state index is -3.88. The first kappa shape index (κ1) is 21.5. The van der Waals surface area contributed by atoms with Crippen molar-refractivity contribution < 1.29 is 22.7 Å². The van der Waals surface area contributed by atoms with E-state index in [1.54, 1.807) is 36.4 Å². The average Bonchev–Trinajstić information content (AvgIpc) is 2.96. The molecule has 33 heavy (non-hydrogen) atoms. The van der Waals surface area contributed by atoms with Gasteiger partial charge in [-0.2, -0.15) is 4.31 Å². The quantitative estimate of drug-likeness (QED) is 0.565. The van der Waals surface area contributed by atoms with E-state index in [9.17, 15) is 13.2 Å². The van der Waals surface area contributed by atoms with E-state index in [4.69, 9.17) is 9.47 Å². The smallest absolute Gasteiger partial charge is 0.259 e. The summed E-state index contributed by atoms with van der Waals surface area (Å²) in [6.07, 6.45) is 2.60. The van der Waals surface area contributed by atoms with Crippen LogP contribution in [0.15, 0.2) is 65.6 Å². The van der Waals surface area contributed by atoms with Crippen LogP contribution in [-0.2, 0) is 10.0 Å². The molecule has 1 N–H and O–H groups in total. The van der Waals surface area contributed by atoms with Crippen LogP contribution < -0.4 is 14.8 Å². The first-order valence-corrected chi connectivity index (χ1v) is 12.4. The van der Waals surface area contributed by atoms with E-state index in [0.29, 0.717) is 30.3 Å². The largest absolute Gasteiger partial charge is 0.456 e. The lowest BCUT2D eigenvalue weighted by atomic mass is 10.1. The Bertz CT molecular complexity index is 1310. The molecule has 170 valence electrons. The van der Waals surface area contributed by atoms with Crippen molar-refractivity contribution in [2.75, 3.05) is 18.4 Å². The lowest BCUT2D eigenvalue weighted by Crippen LogP contribution is -2.35. The van der Waals surface area contributed by atoms with Gasteiger partial charge in [0, 0.05) is 19.2 Å². The van der Waals surface area contributed by atoms with Crippen molar-refractivity contribution in [3.63, 3.8) is 0 Å². The molecule has 2 aliphatic rings. The third-order valence-corrected chi connectivity index (χ3v) is 7.75. The van der Waals surface area contributed by atoms with Crippen molar-refractivity contribution >= 4 is 21.6 Å². The van der Waals surface area contributed by atoms with Crippen molar-refractivity contribution in [1.82, 2.24) is 4.31 Å². The highest BCUT2D eigenvalue weighted by Gasteiger charge is 2.33. The molecule has 1 saturated heterocycles. The number of piperidine rings is 1. The van der Waals surface area contributed by atoms with Gasteiger partial charge in [0.25, 0.3) is 5.91 Å². The molecule has 7 nitrogen and oxygen atoms in total. The van der Waals surface area contributed by atoms with Crippen LogP contribution in [0.25, 0.3) is 0 Å². The van der Waals surface area contributed by atoms with Crippen LogP contribution >= 0.6 is 0 Å². The minimum absolute atomic E-state index is 0.0477. The second kappa shape index (κ2) is 8.53. The normalized spacial score (nSPS) is 16.1. The Morgan fingerprint density at radius 2 is 1.67 bits per heavy atom. The highest BCUT2D eigenvalue weighted by Crippen LogP contribution is 2.42. The van der Waals surface area contributed by atoms with Crippen LogP contribution in [0.4, 0.5) is 5.69 Å². The number of aryl methyl sites for hydroxylation is 1. The molecule has 0 spiro atoms. The van der Waals surface area contributed by atoms with Gasteiger partial charge in [-0.25, -0.2) is 8.42 Å². The number of amides is 1. The monoisotopic (exact) mass is 464 g/mol. The second-order valence-corrected chi connectivity index (χ2v) is 10.1. The lowest BCUT2D eigenvalue weighted by molar-refractivity contribution is 0.102. The van der Waals surface area contributed by atoms with Gasteiger partial charge in [0.05, 0.1) is 11.3 Å². The zero-order chi connectivity index (χ0) is 23.0. The Kier molecular flexibility index (Phi) is 5.55. The van der Waals surface area contributed by atoms with E-state index >= 15 is 0 Å². The minimum Gasteiger partial charge on any atom is -0.456 e. The van der Waals surface area contributed by atoms with Crippen LogP contribution in [0.3, 0.4) is 0 Å². The van der Waals surface area contributed by atoms with Crippen LogP contribution in [0.2, 0.25) is 0 Å². The Morgan fingerprint density at radius 3 is 2.42 bits per heavy atom. The number of hydrogen-bond acceptors (Lipinski definition) is 5. The fourth-order valence-corrected chi connectivity index (χ4v) is 5.67. The van der Waals surface area contributed by atoms with Crippen molar-refractivity contribution in [2.45, 2.75) is 31.1 Å². The van der Waals surface area contributed by atoms with Crippen molar-refractivity contribution in [1.29, 1.82) is 0 Å². The predicted molar refractivity (Wildman–Crippen MR) is 125 cm³/mol. The summed E-state index contributed by atoms with van der Waals surface area (Å²) < 4.78 is 40.8. The van der Waals surface area contributed by atoms with Crippen molar-refractivity contribution in [2.24, 2.45) is 0 Å². The van der Waals surface area contributed by atoms with Crippen LogP contribution in [0, 0.1) is 6.92 Å². The predicted octanol–water partition coefficient (Wildman–Crippen LogP) is 5.32. The molecule has 1 amide bonds.